The van der Waals surface area contributed by atoms with Gasteiger partial charge in [0, 0.05) is 13.0 Å². The van der Waals surface area contributed by atoms with Crippen LogP contribution in [0.3, 0.4) is 0 Å². The van der Waals surface area contributed by atoms with Crippen LogP contribution in [0.1, 0.15) is 30.1 Å². The van der Waals surface area contributed by atoms with Gasteiger partial charge in [0.1, 0.15) is 0 Å². The first kappa shape index (κ1) is 13.2. The molecule has 18 heavy (non-hydrogen) atoms. The van der Waals surface area contributed by atoms with Gasteiger partial charge in [-0.3, -0.25) is 14.5 Å². The molecule has 1 unspecified atom stereocenters. The molecule has 0 N–H and O–H groups in total. The summed E-state index contributed by atoms with van der Waals surface area (Å²) in [6.07, 6.45) is 1.25. The van der Waals surface area contributed by atoms with Crippen molar-refractivity contribution in [3.8, 4) is 0 Å². The van der Waals surface area contributed by atoms with E-state index >= 15 is 0 Å². The molecule has 0 aromatic carbocycles. The third-order valence-corrected chi connectivity index (χ3v) is 3.44. The van der Waals surface area contributed by atoms with Gasteiger partial charge in [0.2, 0.25) is 5.91 Å². The van der Waals surface area contributed by atoms with Crippen molar-refractivity contribution in [3.63, 3.8) is 0 Å². The van der Waals surface area contributed by atoms with E-state index in [0.29, 0.717) is 13.0 Å². The van der Waals surface area contributed by atoms with Crippen molar-refractivity contribution in [1.82, 2.24) is 15.1 Å². The van der Waals surface area contributed by atoms with E-state index < -0.39 is 5.91 Å². The number of likely N-dealkylation sites (tertiary alicyclic amines) is 1. The summed E-state index contributed by atoms with van der Waals surface area (Å²) in [5.74, 6) is -0.431. The number of rotatable bonds is 2. The minimum Gasteiger partial charge on any atom is -0.278 e. The Hall–Kier alpha value is -1.20. The van der Waals surface area contributed by atoms with Crippen molar-refractivity contribution in [2.45, 2.75) is 19.8 Å². The van der Waals surface area contributed by atoms with Crippen molar-refractivity contribution in [1.29, 1.82) is 0 Å². The highest BCUT2D eigenvalue weighted by molar-refractivity contribution is 6.34. The highest BCUT2D eigenvalue weighted by Gasteiger charge is 2.34. The molecule has 2 rings (SSSR count). The first-order chi connectivity index (χ1) is 8.52. The maximum Gasteiger partial charge on any atom is 0.263 e. The summed E-state index contributed by atoms with van der Waals surface area (Å²) in [4.78, 5) is 25.1. The molecule has 0 saturated carbocycles. The predicted octanol–water partition coefficient (Wildman–Crippen LogP) is 2.18. The molecule has 0 spiro atoms. The largest absolute Gasteiger partial charge is 0.278 e. The zero-order valence-electron chi connectivity index (χ0n) is 9.69. The molecule has 1 aromatic rings. The van der Waals surface area contributed by atoms with Gasteiger partial charge >= 0.3 is 0 Å². The molecular weight excluding hydrogens is 277 g/mol. The molecular formula is C11H11Cl2N3O2. The number of hydrogen-bond acceptors (Lipinski definition) is 4. The lowest BCUT2D eigenvalue weighted by Crippen LogP contribution is -2.32. The Morgan fingerprint density at radius 1 is 1.50 bits per heavy atom. The molecule has 2 heterocycles. The second kappa shape index (κ2) is 5.20. The summed E-state index contributed by atoms with van der Waals surface area (Å²) >= 11 is 11.5. The predicted molar refractivity (Wildman–Crippen MR) is 66.5 cm³/mol. The maximum atomic E-state index is 12.2. The Balaban J connectivity index is 2.26. The number of imide groups is 1. The molecule has 96 valence electrons. The summed E-state index contributed by atoms with van der Waals surface area (Å²) < 4.78 is 0. The van der Waals surface area contributed by atoms with E-state index in [1.54, 1.807) is 0 Å². The lowest BCUT2D eigenvalue weighted by molar-refractivity contribution is -0.125. The van der Waals surface area contributed by atoms with Crippen molar-refractivity contribution in [3.05, 3.63) is 21.9 Å². The van der Waals surface area contributed by atoms with Crippen molar-refractivity contribution < 1.29 is 9.59 Å². The van der Waals surface area contributed by atoms with E-state index in [2.05, 4.69) is 10.2 Å². The Kier molecular flexibility index (Phi) is 3.82. The van der Waals surface area contributed by atoms with Crippen molar-refractivity contribution in [2.24, 2.45) is 5.92 Å². The third-order valence-electron chi connectivity index (χ3n) is 2.98. The van der Waals surface area contributed by atoms with E-state index in [1.807, 2.05) is 6.92 Å². The molecule has 1 aliphatic heterocycles. The van der Waals surface area contributed by atoms with Crippen LogP contribution in [0.5, 0.6) is 0 Å². The van der Waals surface area contributed by atoms with Gasteiger partial charge in [0.05, 0.1) is 5.56 Å². The molecule has 7 heteroatoms. The lowest BCUT2D eigenvalue weighted by atomic mass is 10.1. The summed E-state index contributed by atoms with van der Waals surface area (Å²) in [5, 5.41) is 7.11. The van der Waals surface area contributed by atoms with Crippen LogP contribution in [0.4, 0.5) is 0 Å². The van der Waals surface area contributed by atoms with Crippen LogP contribution in [-0.4, -0.2) is 33.5 Å². The van der Waals surface area contributed by atoms with E-state index in [4.69, 9.17) is 23.2 Å². The highest BCUT2D eigenvalue weighted by Crippen LogP contribution is 2.24. The Morgan fingerprint density at radius 2 is 2.22 bits per heavy atom. The highest BCUT2D eigenvalue weighted by atomic mass is 35.5. The summed E-state index contributed by atoms with van der Waals surface area (Å²) in [6, 6.07) is 1.33. The fourth-order valence-corrected chi connectivity index (χ4v) is 2.22. The van der Waals surface area contributed by atoms with Gasteiger partial charge in [-0.25, -0.2) is 0 Å². The average Bonchev–Trinajstić information content (AvgIpc) is 2.73. The Bertz CT molecular complexity index is 507. The SMILES string of the molecule is CCC1CC(=O)N(C(=O)c2cc(Cl)nnc2Cl)C1. The minimum absolute atomic E-state index is 0.0443. The van der Waals surface area contributed by atoms with Gasteiger partial charge in [-0.2, -0.15) is 0 Å². The molecule has 1 atom stereocenters. The molecule has 2 amide bonds. The first-order valence-corrected chi connectivity index (χ1v) is 6.32. The normalized spacial score (nSPS) is 19.4. The van der Waals surface area contributed by atoms with E-state index in [-0.39, 0.29) is 27.7 Å². The number of halogens is 2. The number of nitrogens with zero attached hydrogens (tertiary/aromatic N) is 3. The molecule has 0 aliphatic carbocycles. The quantitative estimate of drug-likeness (QED) is 0.782. The van der Waals surface area contributed by atoms with Crippen LogP contribution >= 0.6 is 23.2 Å². The molecule has 1 fully saturated rings. The van der Waals surface area contributed by atoms with Gasteiger partial charge in [-0.05, 0) is 12.0 Å². The molecule has 1 saturated heterocycles. The van der Waals surface area contributed by atoms with Gasteiger partial charge in [-0.1, -0.05) is 36.5 Å². The van der Waals surface area contributed by atoms with Crippen LogP contribution in [0, 0.1) is 5.92 Å². The van der Waals surface area contributed by atoms with Gasteiger partial charge in [0.25, 0.3) is 5.91 Å². The Morgan fingerprint density at radius 3 is 2.83 bits per heavy atom. The Labute approximate surface area is 114 Å². The first-order valence-electron chi connectivity index (χ1n) is 5.56. The zero-order chi connectivity index (χ0) is 13.3. The maximum absolute atomic E-state index is 12.2. The van der Waals surface area contributed by atoms with E-state index in [9.17, 15) is 9.59 Å². The number of carbonyl (C=O) groups is 2. The fraction of sp³-hybridized carbons (Fsp3) is 0.455. The second-order valence-corrected chi connectivity index (χ2v) is 4.90. The molecule has 1 aliphatic rings. The van der Waals surface area contributed by atoms with Crippen LogP contribution in [0.25, 0.3) is 0 Å². The molecule has 5 nitrogen and oxygen atoms in total. The number of amides is 2. The van der Waals surface area contributed by atoms with Crippen molar-refractivity contribution >= 4 is 35.0 Å². The number of aromatic nitrogens is 2. The molecule has 1 aromatic heterocycles. The number of carbonyl (C=O) groups excluding carboxylic acids is 2. The lowest BCUT2D eigenvalue weighted by Gasteiger charge is -2.14. The smallest absolute Gasteiger partial charge is 0.263 e. The molecule has 0 radical (unpaired) electrons. The monoisotopic (exact) mass is 287 g/mol. The molecule has 0 bridgehead atoms. The second-order valence-electron chi connectivity index (χ2n) is 4.16. The van der Waals surface area contributed by atoms with Crippen LogP contribution in [0.2, 0.25) is 10.3 Å². The standard InChI is InChI=1S/C11H11Cl2N3O2/c1-2-6-3-9(17)16(5-6)11(18)7-4-8(12)14-15-10(7)13/h4,6H,2-3,5H2,1H3. The van der Waals surface area contributed by atoms with E-state index in [0.717, 1.165) is 6.42 Å². The van der Waals surface area contributed by atoms with E-state index in [1.165, 1.54) is 11.0 Å². The van der Waals surface area contributed by atoms with Gasteiger partial charge in [0.15, 0.2) is 10.3 Å². The van der Waals surface area contributed by atoms with Crippen molar-refractivity contribution in [2.75, 3.05) is 6.54 Å². The summed E-state index contributed by atoms with van der Waals surface area (Å²) in [7, 11) is 0. The van der Waals surface area contributed by atoms with Gasteiger partial charge < -0.3 is 0 Å². The summed E-state index contributed by atoms with van der Waals surface area (Å²) in [5.41, 5.74) is 0.113. The topological polar surface area (TPSA) is 63.2 Å². The minimum atomic E-state index is -0.460. The van der Waals surface area contributed by atoms with Gasteiger partial charge in [-0.15, -0.1) is 10.2 Å². The van der Waals surface area contributed by atoms with Crippen LogP contribution < -0.4 is 0 Å². The summed E-state index contributed by atoms with van der Waals surface area (Å²) in [6.45, 7) is 2.41. The third kappa shape index (κ3) is 2.47. The number of hydrogen-bond donors (Lipinski definition) is 0. The van der Waals surface area contributed by atoms with Crippen LogP contribution in [-0.2, 0) is 4.79 Å². The zero-order valence-corrected chi connectivity index (χ0v) is 11.2. The van der Waals surface area contributed by atoms with Crippen LogP contribution in [0.15, 0.2) is 6.07 Å². The average molecular weight is 288 g/mol. The fourth-order valence-electron chi connectivity index (χ4n) is 1.90.